The Morgan fingerprint density at radius 2 is 2.22 bits per heavy atom. The zero-order valence-corrected chi connectivity index (χ0v) is 11.5. The summed E-state index contributed by atoms with van der Waals surface area (Å²) < 4.78 is 5.62. The number of hydrogen-bond acceptors (Lipinski definition) is 3. The summed E-state index contributed by atoms with van der Waals surface area (Å²) in [6, 6.07) is 0. The largest absolute Gasteiger partial charge is 0.479 e. The van der Waals surface area contributed by atoms with E-state index in [0.717, 1.165) is 19.3 Å². The number of aliphatic hydroxyl groups is 1. The summed E-state index contributed by atoms with van der Waals surface area (Å²) in [4.78, 5) is 11.5. The molecule has 0 spiro atoms. The van der Waals surface area contributed by atoms with Gasteiger partial charge in [0.2, 0.25) is 0 Å². The predicted molar refractivity (Wildman–Crippen MR) is 69.4 cm³/mol. The molecule has 1 rings (SSSR count). The summed E-state index contributed by atoms with van der Waals surface area (Å²) in [5.74, 6) is 0.204. The van der Waals surface area contributed by atoms with Gasteiger partial charge in [0.15, 0.2) is 5.60 Å². The van der Waals surface area contributed by atoms with E-state index in [1.807, 2.05) is 0 Å². The van der Waals surface area contributed by atoms with E-state index in [4.69, 9.17) is 9.84 Å². The molecule has 2 N–H and O–H groups in total. The van der Waals surface area contributed by atoms with Crippen molar-refractivity contribution in [2.24, 2.45) is 11.8 Å². The SMILES string of the molecule is CC(C)CC1CCCC(OCCCO)(C(=O)O)C1. The molecule has 0 aromatic heterocycles. The van der Waals surface area contributed by atoms with Gasteiger partial charge < -0.3 is 14.9 Å². The lowest BCUT2D eigenvalue weighted by atomic mass is 9.75. The second kappa shape index (κ2) is 7.10. The first-order valence-electron chi connectivity index (χ1n) is 6.98. The molecule has 0 saturated heterocycles. The molecule has 2 unspecified atom stereocenters. The van der Waals surface area contributed by atoms with E-state index >= 15 is 0 Å². The third-order valence-electron chi connectivity index (χ3n) is 3.69. The van der Waals surface area contributed by atoms with Crippen molar-refractivity contribution in [3.63, 3.8) is 0 Å². The van der Waals surface area contributed by atoms with Crippen LogP contribution in [0.3, 0.4) is 0 Å². The highest BCUT2D eigenvalue weighted by Gasteiger charge is 2.43. The standard InChI is InChI=1S/C14H26O4/c1-11(2)9-12-5-3-6-14(10-12,13(16)17)18-8-4-7-15/h11-12,15H,3-10H2,1-2H3,(H,16,17). The van der Waals surface area contributed by atoms with Crippen LogP contribution in [0.15, 0.2) is 0 Å². The lowest BCUT2D eigenvalue weighted by molar-refractivity contribution is -0.174. The third-order valence-corrected chi connectivity index (χ3v) is 3.69. The van der Waals surface area contributed by atoms with Gasteiger partial charge in [-0.25, -0.2) is 4.79 Å². The van der Waals surface area contributed by atoms with Crippen LogP contribution < -0.4 is 0 Å². The molecule has 18 heavy (non-hydrogen) atoms. The Labute approximate surface area is 109 Å². The summed E-state index contributed by atoms with van der Waals surface area (Å²) in [5.41, 5.74) is -1.01. The number of carbonyl (C=O) groups is 1. The molecule has 0 radical (unpaired) electrons. The summed E-state index contributed by atoms with van der Waals surface area (Å²) in [7, 11) is 0. The van der Waals surface area contributed by atoms with Crippen molar-refractivity contribution in [3.8, 4) is 0 Å². The monoisotopic (exact) mass is 258 g/mol. The fourth-order valence-corrected chi connectivity index (χ4v) is 2.93. The van der Waals surface area contributed by atoms with Crippen LogP contribution in [-0.4, -0.2) is 35.0 Å². The average molecular weight is 258 g/mol. The van der Waals surface area contributed by atoms with Gasteiger partial charge in [-0.15, -0.1) is 0 Å². The second-order valence-electron chi connectivity index (χ2n) is 5.82. The van der Waals surface area contributed by atoms with Crippen molar-refractivity contribution in [3.05, 3.63) is 0 Å². The normalized spacial score (nSPS) is 28.6. The van der Waals surface area contributed by atoms with E-state index < -0.39 is 11.6 Å². The van der Waals surface area contributed by atoms with Crippen molar-refractivity contribution in [1.82, 2.24) is 0 Å². The minimum absolute atomic E-state index is 0.0467. The third kappa shape index (κ3) is 4.25. The fraction of sp³-hybridized carbons (Fsp3) is 0.929. The van der Waals surface area contributed by atoms with Gasteiger partial charge in [-0.05, 0) is 43.9 Å². The Morgan fingerprint density at radius 1 is 1.50 bits per heavy atom. The van der Waals surface area contributed by atoms with Gasteiger partial charge in [-0.3, -0.25) is 0 Å². The molecular weight excluding hydrogens is 232 g/mol. The number of aliphatic carboxylic acids is 1. The van der Waals surface area contributed by atoms with E-state index in [-0.39, 0.29) is 6.61 Å². The lowest BCUT2D eigenvalue weighted by Gasteiger charge is -2.38. The van der Waals surface area contributed by atoms with Crippen molar-refractivity contribution >= 4 is 5.97 Å². The lowest BCUT2D eigenvalue weighted by Crippen LogP contribution is -2.46. The highest BCUT2D eigenvalue weighted by molar-refractivity contribution is 5.77. The molecule has 1 saturated carbocycles. The molecule has 4 heteroatoms. The number of rotatable bonds is 7. The smallest absolute Gasteiger partial charge is 0.335 e. The molecule has 0 aromatic rings. The first-order valence-corrected chi connectivity index (χ1v) is 6.98. The molecule has 0 bridgehead atoms. The topological polar surface area (TPSA) is 66.8 Å². The van der Waals surface area contributed by atoms with Crippen LogP contribution in [0.2, 0.25) is 0 Å². The molecule has 0 aliphatic heterocycles. The van der Waals surface area contributed by atoms with Crippen molar-refractivity contribution in [1.29, 1.82) is 0 Å². The maximum Gasteiger partial charge on any atom is 0.335 e. The van der Waals surface area contributed by atoms with Crippen LogP contribution in [-0.2, 0) is 9.53 Å². The minimum atomic E-state index is -1.01. The van der Waals surface area contributed by atoms with Crippen LogP contribution in [0, 0.1) is 11.8 Å². The van der Waals surface area contributed by atoms with Crippen LogP contribution >= 0.6 is 0 Å². The molecule has 1 aliphatic rings. The van der Waals surface area contributed by atoms with E-state index in [2.05, 4.69) is 13.8 Å². The van der Waals surface area contributed by atoms with E-state index in [1.165, 1.54) is 0 Å². The highest BCUT2D eigenvalue weighted by Crippen LogP contribution is 2.38. The first kappa shape index (κ1) is 15.4. The molecular formula is C14H26O4. The van der Waals surface area contributed by atoms with Crippen molar-refractivity contribution in [2.75, 3.05) is 13.2 Å². The molecule has 1 aliphatic carbocycles. The number of hydrogen-bond donors (Lipinski definition) is 2. The summed E-state index contributed by atoms with van der Waals surface area (Å²) >= 11 is 0. The van der Waals surface area contributed by atoms with Gasteiger partial charge in [0.25, 0.3) is 0 Å². The Kier molecular flexibility index (Phi) is 6.09. The summed E-state index contributed by atoms with van der Waals surface area (Å²) in [6.45, 7) is 4.72. The number of aliphatic hydroxyl groups excluding tert-OH is 1. The molecule has 2 atom stereocenters. The zero-order valence-electron chi connectivity index (χ0n) is 11.5. The van der Waals surface area contributed by atoms with Crippen LogP contribution in [0.25, 0.3) is 0 Å². The van der Waals surface area contributed by atoms with Gasteiger partial charge in [0, 0.05) is 6.61 Å². The van der Waals surface area contributed by atoms with E-state index in [1.54, 1.807) is 0 Å². The van der Waals surface area contributed by atoms with E-state index in [0.29, 0.717) is 37.7 Å². The summed E-state index contributed by atoms with van der Waals surface area (Å²) in [6.07, 6.45) is 4.82. The highest BCUT2D eigenvalue weighted by atomic mass is 16.5. The van der Waals surface area contributed by atoms with E-state index in [9.17, 15) is 9.90 Å². The Hall–Kier alpha value is -0.610. The number of carboxylic acid groups (broad SMARTS) is 1. The second-order valence-corrected chi connectivity index (χ2v) is 5.82. The molecule has 4 nitrogen and oxygen atoms in total. The molecule has 1 fully saturated rings. The quantitative estimate of drug-likeness (QED) is 0.688. The summed E-state index contributed by atoms with van der Waals surface area (Å²) in [5, 5.41) is 18.2. The van der Waals surface area contributed by atoms with Crippen molar-refractivity contribution < 1.29 is 19.7 Å². The average Bonchev–Trinajstić information content (AvgIpc) is 2.28. The molecule has 0 aromatic carbocycles. The van der Waals surface area contributed by atoms with Gasteiger partial charge in [0.05, 0.1) is 6.61 Å². The van der Waals surface area contributed by atoms with Gasteiger partial charge >= 0.3 is 5.97 Å². The van der Waals surface area contributed by atoms with Gasteiger partial charge in [0.1, 0.15) is 0 Å². The Balaban J connectivity index is 2.62. The molecule has 0 heterocycles. The number of ether oxygens (including phenoxy) is 1. The van der Waals surface area contributed by atoms with Crippen LogP contribution in [0.4, 0.5) is 0 Å². The van der Waals surface area contributed by atoms with Crippen LogP contribution in [0.5, 0.6) is 0 Å². The maximum absolute atomic E-state index is 11.5. The minimum Gasteiger partial charge on any atom is -0.479 e. The maximum atomic E-state index is 11.5. The first-order chi connectivity index (χ1) is 8.50. The predicted octanol–water partition coefficient (Wildman–Crippen LogP) is 2.45. The molecule has 0 amide bonds. The fourth-order valence-electron chi connectivity index (χ4n) is 2.93. The molecule has 106 valence electrons. The van der Waals surface area contributed by atoms with Crippen molar-refractivity contribution in [2.45, 2.75) is 58.0 Å². The Bertz CT molecular complexity index is 265. The zero-order chi connectivity index (χ0) is 13.6. The van der Waals surface area contributed by atoms with Gasteiger partial charge in [-0.1, -0.05) is 20.3 Å². The Morgan fingerprint density at radius 3 is 2.78 bits per heavy atom. The van der Waals surface area contributed by atoms with Gasteiger partial charge in [-0.2, -0.15) is 0 Å². The van der Waals surface area contributed by atoms with Crippen LogP contribution in [0.1, 0.15) is 52.4 Å². The number of carboxylic acids is 1.